The summed E-state index contributed by atoms with van der Waals surface area (Å²) < 4.78 is 77.9. The van der Waals surface area contributed by atoms with Crippen LogP contribution in [0.1, 0.15) is 140 Å². The third kappa shape index (κ3) is 15.7. The maximum Gasteiger partial charge on any atom is 0.573 e. The van der Waals surface area contributed by atoms with Gasteiger partial charge in [-0.25, -0.2) is 66.9 Å². The number of benzene rings is 9. The van der Waals surface area contributed by atoms with Crippen molar-refractivity contribution in [1.82, 2.24) is 0 Å². The van der Waals surface area contributed by atoms with Gasteiger partial charge in [0.15, 0.2) is 68.5 Å². The van der Waals surface area contributed by atoms with E-state index in [0.717, 1.165) is 0 Å². The maximum absolute atomic E-state index is 16.0. The van der Waals surface area contributed by atoms with Gasteiger partial charge in [0.2, 0.25) is 17.1 Å². The molecule has 0 radical (unpaired) electrons. The Morgan fingerprint density at radius 3 is 0.884 bits per heavy atom. The molecule has 9 aromatic rings. The van der Waals surface area contributed by atoms with Crippen molar-refractivity contribution < 1.29 is 26.7 Å². The molecule has 0 spiro atoms. The Labute approximate surface area is 779 Å². The first-order chi connectivity index (χ1) is 66.6. The number of alkyl halides is 3. The van der Waals surface area contributed by atoms with Crippen molar-refractivity contribution >= 4 is 135 Å². The Morgan fingerprint density at radius 2 is 0.536 bits per heavy atom. The predicted molar refractivity (Wildman–Crippen MR) is 487 cm³/mol. The molecule has 9 aromatic carbocycles. The Hall–Kier alpha value is -23.9. The molecule has 138 heavy (non-hydrogen) atoms. The predicted octanol–water partition coefficient (Wildman–Crippen LogP) is 25.8. The van der Waals surface area contributed by atoms with E-state index in [-0.39, 0.29) is 252 Å². The van der Waals surface area contributed by atoms with Crippen molar-refractivity contribution in [3.8, 4) is 78.9 Å². The Kier molecular flexibility index (Phi) is 24.8. The molecule has 6 aliphatic rings. The van der Waals surface area contributed by atoms with Gasteiger partial charge < -0.3 is 4.74 Å². The van der Waals surface area contributed by atoms with Gasteiger partial charge in [0, 0.05) is 72.4 Å². The molecule has 0 heterocycles. The highest BCUT2D eigenvalue weighted by Crippen LogP contribution is 2.58. The molecule has 0 amide bonds. The van der Waals surface area contributed by atoms with E-state index in [4.69, 9.17) is 85.4 Å². The Balaban J connectivity index is 0.000000175. The molecule has 6 aliphatic carbocycles. The van der Waals surface area contributed by atoms with Crippen molar-refractivity contribution in [3.63, 3.8) is 0 Å². The van der Waals surface area contributed by atoms with Gasteiger partial charge in [0.1, 0.15) is 53.9 Å². The summed E-state index contributed by atoms with van der Waals surface area (Å²) in [4.78, 5) is 44.9. The molecular weight excluding hydrogens is 1750 g/mol. The topological polar surface area (TPSA) is 375 Å². The van der Waals surface area contributed by atoms with Gasteiger partial charge >= 0.3 is 6.36 Å². The summed E-state index contributed by atoms with van der Waals surface area (Å²) in [7, 11) is 0. The van der Waals surface area contributed by atoms with E-state index in [0.29, 0.717) is 5.57 Å². The van der Waals surface area contributed by atoms with Gasteiger partial charge in [-0.15, -0.1) is 13.2 Å². The highest BCUT2D eigenvalue weighted by Gasteiger charge is 2.44. The number of nitriles is 13. The zero-order valence-corrected chi connectivity index (χ0v) is 69.3. The fourth-order valence-electron chi connectivity index (χ4n) is 16.2. The standard InChI is InChI=1S/C36H11F3N8O.C36H8N10.C34H8F2N8/c1-18-31(34(47-5)22-7-20(15-41)9-24(11-22)45-3)27-12-25-26(13-28(27)33(18)46-4)32(35(30(25)17-43)48-36(37,38)39)29(16-42)21-6-19(14-40)8-23(10-21)44-2;1-42-23-8-19(14-37)6-21(10-23)29(16-39)32-26-13-28-27(12-25(26)30(17-40)31(32)18-41)33(36(46-5)35(28)45-4)34(44-3)22-7-20(15-38)9-24(11-22)43-2;1-41-21-7-17(13-37)5-19(9-21)27(15-39)29-24-12-26-25(11-23(24)28(16-40)31(29)35)30(32(36)34(26)44-4)33(43-3)20-6-18(14-38)8-22(10-20)42-2/h6-13H,1H3;6-13H;5-12H/b32-29+,34-31+;32-29+,34-33-;29-27+,33-30-. The summed E-state index contributed by atoms with van der Waals surface area (Å²) in [5.41, 5.74) is -1.36. The monoisotopic (exact) mass is 1770 g/mol. The van der Waals surface area contributed by atoms with E-state index >= 15 is 8.78 Å². The van der Waals surface area contributed by atoms with Crippen molar-refractivity contribution in [2.75, 3.05) is 0 Å². The summed E-state index contributed by atoms with van der Waals surface area (Å²) in [5, 5.41) is 128. The van der Waals surface area contributed by atoms with E-state index in [1.54, 1.807) is 19.1 Å². The number of allylic oxidation sites excluding steroid dienone is 16. The van der Waals surface area contributed by atoms with Crippen LogP contribution in [0.2, 0.25) is 0 Å². The number of halogens is 5. The molecule has 0 bridgehead atoms. The van der Waals surface area contributed by atoms with Gasteiger partial charge in [-0.1, -0.05) is 61.5 Å². The lowest BCUT2D eigenvalue weighted by Gasteiger charge is -2.15. The fourth-order valence-corrected chi connectivity index (χ4v) is 16.2. The molecule has 0 aromatic heterocycles. The summed E-state index contributed by atoms with van der Waals surface area (Å²) in [6.45, 7) is 101. The molecule has 0 atom stereocenters. The molecule has 622 valence electrons. The van der Waals surface area contributed by atoms with Crippen LogP contribution < -0.4 is 0 Å². The van der Waals surface area contributed by atoms with Crippen LogP contribution in [-0.4, -0.2) is 6.36 Å². The van der Waals surface area contributed by atoms with Crippen molar-refractivity contribution in [3.05, 3.63) is 462 Å². The summed E-state index contributed by atoms with van der Waals surface area (Å²) >= 11 is 0. The third-order valence-electron chi connectivity index (χ3n) is 21.7. The molecule has 32 heteroatoms. The molecule has 0 unspecified atom stereocenters. The van der Waals surface area contributed by atoms with E-state index in [1.165, 1.54) is 146 Å². The Bertz CT molecular complexity index is 8600. The first-order valence-corrected chi connectivity index (χ1v) is 38.2. The van der Waals surface area contributed by atoms with Gasteiger partial charge in [0.05, 0.1) is 155 Å². The number of hydrogen-bond donors (Lipinski definition) is 0. The van der Waals surface area contributed by atoms with E-state index in [1.807, 2.05) is 60.7 Å². The number of nitrogens with zero attached hydrogens (tertiary/aromatic N) is 26. The van der Waals surface area contributed by atoms with Crippen LogP contribution in [0.5, 0.6) is 0 Å². The number of ether oxygens (including phenoxy) is 1. The van der Waals surface area contributed by atoms with Crippen molar-refractivity contribution in [2.45, 2.75) is 13.3 Å². The van der Waals surface area contributed by atoms with Gasteiger partial charge in [-0.3, -0.25) is 4.85 Å². The molecule has 15 rings (SSSR count). The minimum absolute atomic E-state index is 0.00223. The largest absolute Gasteiger partial charge is 0.573 e. The maximum atomic E-state index is 16.0. The second-order valence-electron chi connectivity index (χ2n) is 28.8. The molecular formula is C106H27F5N26O. The minimum Gasteiger partial charge on any atom is -0.404 e. The van der Waals surface area contributed by atoms with Crippen LogP contribution >= 0.6 is 0 Å². The van der Waals surface area contributed by atoms with Gasteiger partial charge in [0.25, 0.3) is 0 Å². The highest BCUT2D eigenvalue weighted by molar-refractivity contribution is 6.23. The molecule has 0 aliphatic heterocycles. The third-order valence-corrected chi connectivity index (χ3v) is 21.7. The van der Waals surface area contributed by atoms with Crippen LogP contribution in [0.4, 0.5) is 56.1 Å². The second-order valence-corrected chi connectivity index (χ2v) is 28.8. The number of fused-ring (bicyclic) bond motifs is 6. The second kappa shape index (κ2) is 37.3. The lowest BCUT2D eigenvalue weighted by molar-refractivity contribution is -0.302. The average molecular weight is 1780 g/mol. The zero-order valence-electron chi connectivity index (χ0n) is 69.3. The van der Waals surface area contributed by atoms with E-state index in [2.05, 4.69) is 73.8 Å². The fraction of sp³-hybridized carbons (Fsp3) is 0.0189. The highest BCUT2D eigenvalue weighted by atomic mass is 19.4. The van der Waals surface area contributed by atoms with Crippen LogP contribution in [0, 0.1) is 233 Å². The molecule has 0 saturated carbocycles. The van der Waals surface area contributed by atoms with E-state index < -0.39 is 51.8 Å². The summed E-state index contributed by atoms with van der Waals surface area (Å²) in [6.07, 6.45) is -5.31. The average Bonchev–Trinajstić information content (AvgIpc) is 1.57. The Morgan fingerprint density at radius 1 is 0.254 bits per heavy atom. The van der Waals surface area contributed by atoms with Gasteiger partial charge in [-0.05, 0) is 191 Å². The minimum atomic E-state index is -5.31. The van der Waals surface area contributed by atoms with Crippen LogP contribution in [0.3, 0.4) is 0 Å². The first-order valence-electron chi connectivity index (χ1n) is 38.2. The lowest BCUT2D eigenvalue weighted by atomic mass is 9.90. The number of hydrogen-bond acceptors (Lipinski definition) is 14. The lowest BCUT2D eigenvalue weighted by Crippen LogP contribution is -2.13. The number of rotatable bonds is 7. The molecule has 0 N–H and O–H groups in total. The quantitative estimate of drug-likeness (QED) is 0.0813. The van der Waals surface area contributed by atoms with Crippen LogP contribution in [-0.2, 0) is 4.74 Å². The SMILES string of the molecule is [C-]#[N+]C1=C(C)/C(=C(\[N+]#[C-])c2cc(C#N)cc([N+]#[C-])c2)c2cc3c(cc21)/C(=C(/C#N)c1cc(C#N)cc([N+]#[C-])c1)C(OC(F)(F)F)=C3C#N.[C-]#[N+]C1=C(F)/C(=C(\[N+]#[C-])c2cc(C#N)cc([N+]#[C-])c2)c2cc3c(cc21)/C(=C(/C#N)c1cc(C#N)cc([N+]#[C-])c1)C(F)=C3C#N.[C-]#[N+]C1=C([N+]#[C-])c2cc3c(cc2/C1=C(/[N+]#[C-])c1cc(C#N)cc([N+]#[C-])c1)C(C#N)=C(C#N)/C3=C(\C#N)c1cc(C#N)cc([N+]#[C-])c1. The van der Waals surface area contributed by atoms with Crippen LogP contribution in [0.15, 0.2) is 180 Å². The molecule has 27 nitrogen and oxygen atoms in total. The zero-order chi connectivity index (χ0) is 99.7. The smallest absolute Gasteiger partial charge is 0.404 e. The first kappa shape index (κ1) is 91.7. The van der Waals surface area contributed by atoms with Gasteiger partial charge in [-0.2, -0.15) is 68.4 Å². The summed E-state index contributed by atoms with van der Waals surface area (Å²) in [6, 6.07) is 56.9. The van der Waals surface area contributed by atoms with E-state index in [9.17, 15) is 81.6 Å². The molecule has 0 saturated heterocycles. The molecule has 0 fully saturated rings. The summed E-state index contributed by atoms with van der Waals surface area (Å²) in [5.74, 6) is -3.12. The van der Waals surface area contributed by atoms with Crippen LogP contribution in [0.25, 0.3) is 164 Å². The normalized spacial score (nSPS) is 14.6. The van der Waals surface area contributed by atoms with Crippen molar-refractivity contribution in [1.29, 1.82) is 68.4 Å². The van der Waals surface area contributed by atoms with Crippen molar-refractivity contribution in [2.24, 2.45) is 0 Å².